The average Bonchev–Trinajstić information content (AvgIpc) is 2.59. The first-order valence-corrected chi connectivity index (χ1v) is 8.87. The number of rotatable bonds is 7. The predicted octanol–water partition coefficient (Wildman–Crippen LogP) is 3.07. The van der Waals surface area contributed by atoms with Crippen molar-refractivity contribution < 1.29 is 9.47 Å². The van der Waals surface area contributed by atoms with Crippen molar-refractivity contribution in [3.63, 3.8) is 0 Å². The summed E-state index contributed by atoms with van der Waals surface area (Å²) in [6.07, 6.45) is 1.04. The summed E-state index contributed by atoms with van der Waals surface area (Å²) < 4.78 is 11.4. The molecular formula is C19H29N3O2. The van der Waals surface area contributed by atoms with Gasteiger partial charge in [0.05, 0.1) is 19.3 Å². The van der Waals surface area contributed by atoms with Gasteiger partial charge in [-0.05, 0) is 45.0 Å². The van der Waals surface area contributed by atoms with Crippen LogP contribution in [0.5, 0.6) is 11.5 Å². The van der Waals surface area contributed by atoms with Crippen LogP contribution in [0.3, 0.4) is 0 Å². The van der Waals surface area contributed by atoms with Crippen molar-refractivity contribution in [1.29, 1.82) is 5.26 Å². The van der Waals surface area contributed by atoms with Crippen molar-refractivity contribution in [2.24, 2.45) is 0 Å². The molecule has 24 heavy (non-hydrogen) atoms. The molecule has 1 aromatic carbocycles. The number of hydrogen-bond donors (Lipinski definition) is 0. The van der Waals surface area contributed by atoms with Crippen molar-refractivity contribution >= 4 is 0 Å². The smallest absolute Gasteiger partial charge is 0.161 e. The molecule has 0 spiro atoms. The lowest BCUT2D eigenvalue weighted by Crippen LogP contribution is -2.52. The van der Waals surface area contributed by atoms with Crippen LogP contribution < -0.4 is 9.47 Å². The Hall–Kier alpha value is -1.77. The molecule has 5 nitrogen and oxygen atoms in total. The highest BCUT2D eigenvalue weighted by Gasteiger charge is 2.31. The standard InChI is InChI=1S/C19H29N3O2/c1-5-16-14-21(4)10-11-22(16)17(13-20)15-8-9-18(23-6-2)19(12-15)24-7-3/h8-9,12,16-17H,5-7,10-11,14H2,1-4H3. The van der Waals surface area contributed by atoms with Gasteiger partial charge in [-0.3, -0.25) is 4.90 Å². The summed E-state index contributed by atoms with van der Waals surface area (Å²) >= 11 is 0. The zero-order valence-electron chi connectivity index (χ0n) is 15.3. The summed E-state index contributed by atoms with van der Waals surface area (Å²) in [6.45, 7) is 10.2. The van der Waals surface area contributed by atoms with Crippen LogP contribution in [-0.2, 0) is 0 Å². The molecule has 0 radical (unpaired) electrons. The highest BCUT2D eigenvalue weighted by molar-refractivity contribution is 5.45. The normalized spacial score (nSPS) is 20.4. The summed E-state index contributed by atoms with van der Waals surface area (Å²) in [5.74, 6) is 1.46. The van der Waals surface area contributed by atoms with Crippen LogP contribution in [-0.4, -0.2) is 55.7 Å². The number of nitriles is 1. The third-order valence-corrected chi connectivity index (χ3v) is 4.54. The molecule has 0 bridgehead atoms. The highest BCUT2D eigenvalue weighted by Crippen LogP contribution is 2.34. The second-order valence-corrected chi connectivity index (χ2v) is 6.17. The fraction of sp³-hybridized carbons (Fsp3) is 0.632. The monoisotopic (exact) mass is 331 g/mol. The van der Waals surface area contributed by atoms with E-state index in [-0.39, 0.29) is 6.04 Å². The minimum Gasteiger partial charge on any atom is -0.490 e. The van der Waals surface area contributed by atoms with Crippen LogP contribution in [0, 0.1) is 11.3 Å². The highest BCUT2D eigenvalue weighted by atomic mass is 16.5. The van der Waals surface area contributed by atoms with Gasteiger partial charge in [0.1, 0.15) is 6.04 Å². The second-order valence-electron chi connectivity index (χ2n) is 6.17. The largest absolute Gasteiger partial charge is 0.490 e. The summed E-state index contributed by atoms with van der Waals surface area (Å²) in [4.78, 5) is 4.66. The summed E-state index contributed by atoms with van der Waals surface area (Å²) in [5, 5.41) is 9.83. The Balaban J connectivity index is 2.29. The molecule has 132 valence electrons. The van der Waals surface area contributed by atoms with E-state index in [4.69, 9.17) is 9.47 Å². The minimum atomic E-state index is -0.251. The summed E-state index contributed by atoms with van der Waals surface area (Å²) in [6, 6.07) is 8.53. The Morgan fingerprint density at radius 1 is 1.17 bits per heavy atom. The van der Waals surface area contributed by atoms with Gasteiger partial charge in [-0.2, -0.15) is 5.26 Å². The van der Waals surface area contributed by atoms with E-state index in [0.29, 0.717) is 19.3 Å². The van der Waals surface area contributed by atoms with Gasteiger partial charge >= 0.3 is 0 Å². The van der Waals surface area contributed by atoms with Crippen molar-refractivity contribution in [2.75, 3.05) is 39.9 Å². The fourth-order valence-corrected chi connectivity index (χ4v) is 3.31. The van der Waals surface area contributed by atoms with Crippen LogP contribution in [0.25, 0.3) is 0 Å². The molecule has 2 rings (SSSR count). The Kier molecular flexibility index (Phi) is 6.89. The van der Waals surface area contributed by atoms with Gasteiger partial charge in [0.15, 0.2) is 11.5 Å². The molecule has 0 aromatic heterocycles. The Morgan fingerprint density at radius 2 is 1.88 bits per heavy atom. The third kappa shape index (κ3) is 4.19. The molecule has 1 heterocycles. The van der Waals surface area contributed by atoms with Crippen molar-refractivity contribution in [3.8, 4) is 17.6 Å². The predicted molar refractivity (Wildman–Crippen MR) is 95.4 cm³/mol. The third-order valence-electron chi connectivity index (χ3n) is 4.54. The van der Waals surface area contributed by atoms with Crippen LogP contribution in [0.1, 0.15) is 38.8 Å². The number of nitrogens with zero attached hydrogens (tertiary/aromatic N) is 3. The topological polar surface area (TPSA) is 48.7 Å². The number of hydrogen-bond acceptors (Lipinski definition) is 5. The molecule has 1 fully saturated rings. The number of likely N-dealkylation sites (N-methyl/N-ethyl adjacent to an activating group) is 1. The van der Waals surface area contributed by atoms with E-state index in [1.54, 1.807) is 0 Å². The molecule has 1 aliphatic heterocycles. The lowest BCUT2D eigenvalue weighted by Gasteiger charge is -2.42. The zero-order valence-corrected chi connectivity index (χ0v) is 15.3. The van der Waals surface area contributed by atoms with E-state index >= 15 is 0 Å². The first-order chi connectivity index (χ1) is 11.6. The quantitative estimate of drug-likeness (QED) is 0.768. The molecule has 1 aliphatic rings. The van der Waals surface area contributed by atoms with Crippen LogP contribution >= 0.6 is 0 Å². The molecule has 1 aromatic rings. The molecule has 0 amide bonds. The van der Waals surface area contributed by atoms with Gasteiger partial charge in [-0.15, -0.1) is 0 Å². The second kappa shape index (κ2) is 8.91. The molecule has 0 N–H and O–H groups in total. The van der Waals surface area contributed by atoms with Gasteiger partial charge < -0.3 is 14.4 Å². The van der Waals surface area contributed by atoms with Crippen LogP contribution in [0.15, 0.2) is 18.2 Å². The summed E-state index contributed by atoms with van der Waals surface area (Å²) in [7, 11) is 2.14. The van der Waals surface area contributed by atoms with Crippen molar-refractivity contribution in [3.05, 3.63) is 23.8 Å². The maximum absolute atomic E-state index is 9.83. The van der Waals surface area contributed by atoms with Crippen molar-refractivity contribution in [1.82, 2.24) is 9.80 Å². The first kappa shape index (κ1) is 18.6. The van der Waals surface area contributed by atoms with E-state index < -0.39 is 0 Å². The van der Waals surface area contributed by atoms with Crippen LogP contribution in [0.2, 0.25) is 0 Å². The van der Waals surface area contributed by atoms with Gasteiger partial charge in [0.25, 0.3) is 0 Å². The molecule has 2 atom stereocenters. The molecule has 1 saturated heterocycles. The molecule has 0 saturated carbocycles. The fourth-order valence-electron chi connectivity index (χ4n) is 3.31. The van der Waals surface area contributed by atoms with Gasteiger partial charge in [-0.25, -0.2) is 0 Å². The van der Waals surface area contributed by atoms with E-state index in [9.17, 15) is 5.26 Å². The van der Waals surface area contributed by atoms with E-state index in [2.05, 4.69) is 29.8 Å². The molecule has 5 heteroatoms. The van der Waals surface area contributed by atoms with Gasteiger partial charge in [0, 0.05) is 25.7 Å². The SMILES string of the molecule is CCOc1ccc(C(C#N)N2CCN(C)CC2CC)cc1OCC. The Bertz CT molecular complexity index is 570. The lowest BCUT2D eigenvalue weighted by molar-refractivity contribution is 0.0674. The van der Waals surface area contributed by atoms with Gasteiger partial charge in [-0.1, -0.05) is 13.0 Å². The lowest BCUT2D eigenvalue weighted by atomic mass is 10.0. The van der Waals surface area contributed by atoms with E-state index in [1.165, 1.54) is 0 Å². The van der Waals surface area contributed by atoms with Crippen LogP contribution in [0.4, 0.5) is 0 Å². The number of piperazine rings is 1. The Labute approximate surface area is 145 Å². The maximum Gasteiger partial charge on any atom is 0.161 e. The number of ether oxygens (including phenoxy) is 2. The van der Waals surface area contributed by atoms with E-state index in [0.717, 1.165) is 43.1 Å². The summed E-state index contributed by atoms with van der Waals surface area (Å²) in [5.41, 5.74) is 0.979. The first-order valence-electron chi connectivity index (χ1n) is 8.87. The maximum atomic E-state index is 9.83. The average molecular weight is 331 g/mol. The minimum absolute atomic E-state index is 0.251. The Morgan fingerprint density at radius 3 is 2.50 bits per heavy atom. The van der Waals surface area contributed by atoms with Crippen molar-refractivity contribution in [2.45, 2.75) is 39.3 Å². The molecule has 0 aliphatic carbocycles. The van der Waals surface area contributed by atoms with E-state index in [1.807, 2.05) is 32.0 Å². The molecule has 2 unspecified atom stereocenters. The number of benzene rings is 1. The molecular weight excluding hydrogens is 302 g/mol. The zero-order chi connectivity index (χ0) is 17.5. The van der Waals surface area contributed by atoms with Gasteiger partial charge in [0.2, 0.25) is 0 Å².